The van der Waals surface area contributed by atoms with Gasteiger partial charge in [0.25, 0.3) is 0 Å². The molecular weight excluding hydrogens is 228 g/mol. The molecule has 3 atom stereocenters. The van der Waals surface area contributed by atoms with Gasteiger partial charge in [0.1, 0.15) is 0 Å². The lowest BCUT2D eigenvalue weighted by molar-refractivity contribution is -0.155. The van der Waals surface area contributed by atoms with Crippen LogP contribution in [0.15, 0.2) is 0 Å². The molecule has 0 amide bonds. The van der Waals surface area contributed by atoms with Gasteiger partial charge in [0.2, 0.25) is 0 Å². The van der Waals surface area contributed by atoms with Crippen molar-refractivity contribution in [3.05, 3.63) is 0 Å². The first kappa shape index (κ1) is 12.2. The Morgan fingerprint density at radius 1 is 1.11 bits per heavy atom. The Bertz CT molecular complexity index is 369. The Kier molecular flexibility index (Phi) is 2.76. The van der Waals surface area contributed by atoms with Gasteiger partial charge in [-0.2, -0.15) is 0 Å². The molecule has 3 heteroatoms. The van der Waals surface area contributed by atoms with Crippen LogP contribution >= 0.6 is 0 Å². The lowest BCUT2D eigenvalue weighted by Crippen LogP contribution is -2.41. The highest BCUT2D eigenvalue weighted by molar-refractivity contribution is 5.95. The van der Waals surface area contributed by atoms with E-state index in [4.69, 9.17) is 4.74 Å². The predicted octanol–water partition coefficient (Wildman–Crippen LogP) is 2.93. The minimum Gasteiger partial charge on any atom is -0.393 e. The first-order chi connectivity index (χ1) is 8.46. The van der Waals surface area contributed by atoms with Gasteiger partial charge in [0.05, 0.1) is 12.3 Å². The second-order valence-electron chi connectivity index (χ2n) is 7.16. The minimum absolute atomic E-state index is 0.00301. The predicted molar refractivity (Wildman–Crippen MR) is 66.5 cm³/mol. The Balaban J connectivity index is 1.79. The van der Waals surface area contributed by atoms with Crippen LogP contribution in [0, 0.1) is 29.1 Å². The van der Waals surface area contributed by atoms with Crippen molar-refractivity contribution in [3.8, 4) is 0 Å². The molecule has 3 nitrogen and oxygen atoms in total. The maximum absolute atomic E-state index is 11.8. The molecule has 0 aromatic rings. The summed E-state index contributed by atoms with van der Waals surface area (Å²) in [7, 11) is 0. The van der Waals surface area contributed by atoms with Gasteiger partial charge in [-0.05, 0) is 55.3 Å². The van der Waals surface area contributed by atoms with Crippen LogP contribution in [-0.2, 0) is 14.3 Å². The van der Waals surface area contributed by atoms with Crippen LogP contribution in [0.4, 0.5) is 0 Å². The van der Waals surface area contributed by atoms with Crippen molar-refractivity contribution in [1.29, 1.82) is 0 Å². The summed E-state index contributed by atoms with van der Waals surface area (Å²) in [6, 6.07) is 0. The fourth-order valence-electron chi connectivity index (χ4n) is 4.92. The van der Waals surface area contributed by atoms with Crippen LogP contribution in [0.3, 0.4) is 0 Å². The van der Waals surface area contributed by atoms with Crippen molar-refractivity contribution in [2.24, 2.45) is 29.1 Å². The number of esters is 2. The van der Waals surface area contributed by atoms with E-state index in [9.17, 15) is 9.59 Å². The third kappa shape index (κ3) is 1.98. The molecule has 0 aromatic heterocycles. The summed E-state index contributed by atoms with van der Waals surface area (Å²) in [5.74, 6) is 1.56. The van der Waals surface area contributed by atoms with E-state index in [-0.39, 0.29) is 23.3 Å². The van der Waals surface area contributed by atoms with Gasteiger partial charge in [-0.15, -0.1) is 0 Å². The highest BCUT2D eigenvalue weighted by Gasteiger charge is 2.51. The quantitative estimate of drug-likeness (QED) is 0.531. The molecule has 3 aliphatic rings. The van der Waals surface area contributed by atoms with Gasteiger partial charge in [-0.1, -0.05) is 13.8 Å². The topological polar surface area (TPSA) is 43.4 Å². The van der Waals surface area contributed by atoms with Crippen LogP contribution in [0.5, 0.6) is 0 Å². The van der Waals surface area contributed by atoms with E-state index in [1.807, 2.05) is 0 Å². The average molecular weight is 250 g/mol. The Morgan fingerprint density at radius 2 is 1.72 bits per heavy atom. The van der Waals surface area contributed by atoms with Crippen molar-refractivity contribution in [2.75, 3.05) is 0 Å². The normalized spacial score (nSPS) is 48.1. The molecule has 1 aliphatic heterocycles. The third-order valence-electron chi connectivity index (χ3n) is 5.36. The maximum Gasteiger partial charge on any atom is 0.317 e. The summed E-state index contributed by atoms with van der Waals surface area (Å²) in [5.41, 5.74) is -0.00301. The summed E-state index contributed by atoms with van der Waals surface area (Å²) in [6.07, 6.45) is 6.42. The summed E-state index contributed by atoms with van der Waals surface area (Å²) < 4.78 is 4.76. The fourth-order valence-corrected chi connectivity index (χ4v) is 4.92. The molecule has 2 aliphatic carbocycles. The van der Waals surface area contributed by atoms with Crippen LogP contribution in [0.1, 0.15) is 52.4 Å². The van der Waals surface area contributed by atoms with Crippen LogP contribution in [0.25, 0.3) is 0 Å². The molecule has 2 saturated carbocycles. The second-order valence-corrected chi connectivity index (χ2v) is 7.16. The lowest BCUT2D eigenvalue weighted by atomic mass is 9.55. The van der Waals surface area contributed by atoms with E-state index in [1.165, 1.54) is 19.3 Å². The smallest absolute Gasteiger partial charge is 0.317 e. The second kappa shape index (κ2) is 4.07. The van der Waals surface area contributed by atoms with E-state index in [1.54, 1.807) is 0 Å². The SMILES string of the molecule is CC1CC2CC(C1)CC(C)(C1CC(=O)OC1=O)C2. The van der Waals surface area contributed by atoms with Crippen LogP contribution < -0.4 is 0 Å². The molecule has 18 heavy (non-hydrogen) atoms. The number of cyclic esters (lactones) is 2. The van der Waals surface area contributed by atoms with E-state index in [2.05, 4.69) is 13.8 Å². The van der Waals surface area contributed by atoms with Crippen LogP contribution in [0.2, 0.25) is 0 Å². The molecule has 3 unspecified atom stereocenters. The monoisotopic (exact) mass is 250 g/mol. The number of hydrogen-bond acceptors (Lipinski definition) is 3. The average Bonchev–Trinajstić information content (AvgIpc) is 2.56. The van der Waals surface area contributed by atoms with E-state index in [0.29, 0.717) is 6.42 Å². The summed E-state index contributed by atoms with van der Waals surface area (Å²) in [6.45, 7) is 4.54. The lowest BCUT2D eigenvalue weighted by Gasteiger charge is -2.48. The zero-order valence-corrected chi connectivity index (χ0v) is 11.3. The first-order valence-electron chi connectivity index (χ1n) is 7.21. The standard InChI is InChI=1S/C15H22O3/c1-9-3-10-5-11(4-9)8-15(2,7-10)12-6-13(16)18-14(12)17/h9-12H,3-8H2,1-2H3. The van der Waals surface area contributed by atoms with Gasteiger partial charge in [-0.3, -0.25) is 9.59 Å². The van der Waals surface area contributed by atoms with Gasteiger partial charge in [0.15, 0.2) is 0 Å². The van der Waals surface area contributed by atoms with Gasteiger partial charge in [0, 0.05) is 0 Å². The van der Waals surface area contributed by atoms with Gasteiger partial charge < -0.3 is 4.74 Å². The molecule has 0 aromatic carbocycles. The van der Waals surface area contributed by atoms with Gasteiger partial charge >= 0.3 is 11.9 Å². The molecule has 0 radical (unpaired) electrons. The highest BCUT2D eigenvalue weighted by atomic mass is 16.6. The Labute approximate surface area is 108 Å². The van der Waals surface area contributed by atoms with Crippen molar-refractivity contribution >= 4 is 11.9 Å². The third-order valence-corrected chi connectivity index (χ3v) is 5.36. The summed E-state index contributed by atoms with van der Waals surface area (Å²) >= 11 is 0. The molecule has 3 fully saturated rings. The number of carbonyl (C=O) groups is 2. The summed E-state index contributed by atoms with van der Waals surface area (Å²) in [5, 5.41) is 0. The molecule has 0 spiro atoms. The highest BCUT2D eigenvalue weighted by Crippen LogP contribution is 2.54. The first-order valence-corrected chi connectivity index (χ1v) is 7.21. The number of rotatable bonds is 1. The van der Waals surface area contributed by atoms with Crippen molar-refractivity contribution in [1.82, 2.24) is 0 Å². The summed E-state index contributed by atoms with van der Waals surface area (Å²) in [4.78, 5) is 23.1. The number of hydrogen-bond donors (Lipinski definition) is 0. The molecule has 1 heterocycles. The van der Waals surface area contributed by atoms with Crippen molar-refractivity contribution < 1.29 is 14.3 Å². The van der Waals surface area contributed by atoms with E-state index in [0.717, 1.165) is 30.6 Å². The Hall–Kier alpha value is -0.860. The fraction of sp³-hybridized carbons (Fsp3) is 0.867. The van der Waals surface area contributed by atoms with Gasteiger partial charge in [-0.25, -0.2) is 0 Å². The molecule has 3 rings (SSSR count). The van der Waals surface area contributed by atoms with Crippen molar-refractivity contribution in [3.63, 3.8) is 0 Å². The Morgan fingerprint density at radius 3 is 2.22 bits per heavy atom. The molecular formula is C15H22O3. The zero-order chi connectivity index (χ0) is 12.9. The molecule has 0 N–H and O–H groups in total. The largest absolute Gasteiger partial charge is 0.393 e. The zero-order valence-electron chi connectivity index (χ0n) is 11.3. The minimum atomic E-state index is -0.324. The van der Waals surface area contributed by atoms with Crippen molar-refractivity contribution in [2.45, 2.75) is 52.4 Å². The number of carbonyl (C=O) groups excluding carboxylic acids is 2. The van der Waals surface area contributed by atoms with Crippen LogP contribution in [-0.4, -0.2) is 11.9 Å². The maximum atomic E-state index is 11.8. The number of ether oxygens (including phenoxy) is 1. The number of fused-ring (bicyclic) bond motifs is 2. The van der Waals surface area contributed by atoms with E-state index < -0.39 is 0 Å². The molecule has 2 bridgehead atoms. The van der Waals surface area contributed by atoms with E-state index >= 15 is 0 Å². The molecule has 100 valence electrons. The molecule has 1 saturated heterocycles.